The van der Waals surface area contributed by atoms with Crippen LogP contribution in [0.5, 0.6) is 0 Å². The number of carbonyl (C=O) groups is 1. The minimum atomic E-state index is -0.703. The Morgan fingerprint density at radius 1 is 1.33 bits per heavy atom. The molecule has 0 aliphatic carbocycles. The summed E-state index contributed by atoms with van der Waals surface area (Å²) >= 11 is 0. The molecule has 21 heavy (non-hydrogen) atoms. The second-order valence-electron chi connectivity index (χ2n) is 4.69. The van der Waals surface area contributed by atoms with Crippen LogP contribution in [-0.4, -0.2) is 44.6 Å². The lowest BCUT2D eigenvalue weighted by Gasteiger charge is -2.35. The number of carbonyl (C=O) groups excluding carboxylic acids is 1. The van der Waals surface area contributed by atoms with Crippen LogP contribution in [0, 0.1) is 0 Å². The summed E-state index contributed by atoms with van der Waals surface area (Å²) in [5.74, 6) is -0.150. The molecule has 0 N–H and O–H groups in total. The zero-order valence-electron chi connectivity index (χ0n) is 12.1. The molecule has 1 aliphatic rings. The van der Waals surface area contributed by atoms with Gasteiger partial charge in [-0.05, 0) is 5.56 Å². The van der Waals surface area contributed by atoms with Crippen LogP contribution >= 0.6 is 0 Å². The van der Waals surface area contributed by atoms with Crippen LogP contribution in [0.3, 0.4) is 0 Å². The van der Waals surface area contributed by atoms with Crippen molar-refractivity contribution in [2.45, 2.75) is 25.1 Å². The largest absolute Gasteiger partial charge is 0.365 e. The molecule has 0 saturated carbocycles. The monoisotopic (exact) mass is 292 g/mol. The summed E-state index contributed by atoms with van der Waals surface area (Å²) in [6.07, 6.45) is -0.332. The number of Topliss-reactive ketones (excluding diaryl/α,β-unsaturated/α-hetero) is 1. The highest BCUT2D eigenvalue weighted by atomic mass is 16.7. The summed E-state index contributed by atoms with van der Waals surface area (Å²) in [6, 6.07) is 9.70. The standard InChI is InChI=1S/C16H20O5/c1-3-9-19-14-13(17)11-21-16(18-2)15(14)20-10-12-7-5-4-6-8-12/h3-8,14-16H,1,9-11H2,2H3/t14-,15+,16-/m1/s1. The van der Waals surface area contributed by atoms with Crippen LogP contribution < -0.4 is 0 Å². The quantitative estimate of drug-likeness (QED) is 0.716. The summed E-state index contributed by atoms with van der Waals surface area (Å²) in [5, 5.41) is 0. The number of benzene rings is 1. The van der Waals surface area contributed by atoms with Crippen LogP contribution in [0.4, 0.5) is 0 Å². The van der Waals surface area contributed by atoms with Gasteiger partial charge < -0.3 is 18.9 Å². The van der Waals surface area contributed by atoms with E-state index in [0.29, 0.717) is 6.61 Å². The molecule has 0 unspecified atom stereocenters. The lowest BCUT2D eigenvalue weighted by molar-refractivity contribution is -0.245. The van der Waals surface area contributed by atoms with E-state index in [-0.39, 0.29) is 19.0 Å². The number of rotatable bonds is 7. The van der Waals surface area contributed by atoms with Crippen LogP contribution in [0.25, 0.3) is 0 Å². The van der Waals surface area contributed by atoms with Gasteiger partial charge in [0.1, 0.15) is 18.8 Å². The number of hydrogen-bond donors (Lipinski definition) is 0. The minimum Gasteiger partial charge on any atom is -0.365 e. The Morgan fingerprint density at radius 3 is 2.76 bits per heavy atom. The van der Waals surface area contributed by atoms with E-state index >= 15 is 0 Å². The van der Waals surface area contributed by atoms with Crippen molar-refractivity contribution in [3.05, 3.63) is 48.6 Å². The molecular weight excluding hydrogens is 272 g/mol. The third-order valence-corrected chi connectivity index (χ3v) is 3.19. The maximum atomic E-state index is 12.0. The van der Waals surface area contributed by atoms with Crippen LogP contribution in [0.15, 0.2) is 43.0 Å². The van der Waals surface area contributed by atoms with Gasteiger partial charge in [0.25, 0.3) is 0 Å². The fourth-order valence-electron chi connectivity index (χ4n) is 2.16. The molecule has 114 valence electrons. The first kappa shape index (κ1) is 15.9. The highest BCUT2D eigenvalue weighted by molar-refractivity contribution is 5.85. The zero-order valence-corrected chi connectivity index (χ0v) is 12.1. The molecule has 0 radical (unpaired) electrons. The molecule has 5 heteroatoms. The number of methoxy groups -OCH3 is 1. The summed E-state index contributed by atoms with van der Waals surface area (Å²) in [7, 11) is 1.52. The molecule has 1 aromatic rings. The Balaban J connectivity index is 2.04. The highest BCUT2D eigenvalue weighted by Crippen LogP contribution is 2.21. The van der Waals surface area contributed by atoms with Gasteiger partial charge in [-0.3, -0.25) is 4.79 Å². The first-order chi connectivity index (χ1) is 10.3. The Labute approximate surface area is 124 Å². The van der Waals surface area contributed by atoms with E-state index in [2.05, 4.69) is 6.58 Å². The van der Waals surface area contributed by atoms with Crippen molar-refractivity contribution in [1.29, 1.82) is 0 Å². The van der Waals surface area contributed by atoms with E-state index in [4.69, 9.17) is 18.9 Å². The maximum Gasteiger partial charge on any atom is 0.190 e. The van der Waals surface area contributed by atoms with E-state index < -0.39 is 18.5 Å². The fraction of sp³-hybridized carbons (Fsp3) is 0.438. The number of ether oxygens (including phenoxy) is 4. The molecule has 1 saturated heterocycles. The molecule has 3 atom stereocenters. The molecule has 2 rings (SSSR count). The van der Waals surface area contributed by atoms with E-state index in [9.17, 15) is 4.79 Å². The molecule has 1 fully saturated rings. The van der Waals surface area contributed by atoms with Gasteiger partial charge in [0.2, 0.25) is 0 Å². The molecule has 0 amide bonds. The molecule has 0 spiro atoms. The third-order valence-electron chi connectivity index (χ3n) is 3.19. The second kappa shape index (κ2) is 8.05. The molecule has 0 bridgehead atoms. The predicted octanol–water partition coefficient (Wildman–Crippen LogP) is 1.71. The topological polar surface area (TPSA) is 54.0 Å². The van der Waals surface area contributed by atoms with Gasteiger partial charge in [-0.2, -0.15) is 0 Å². The summed E-state index contributed by atoms with van der Waals surface area (Å²) in [4.78, 5) is 12.0. The SMILES string of the molecule is C=CCO[C@@H]1C(=O)CO[C@@H](OC)[C@H]1OCc1ccccc1. The van der Waals surface area contributed by atoms with Crippen molar-refractivity contribution in [3.8, 4) is 0 Å². The van der Waals surface area contributed by atoms with Crippen molar-refractivity contribution < 1.29 is 23.7 Å². The van der Waals surface area contributed by atoms with Gasteiger partial charge in [-0.1, -0.05) is 36.4 Å². The fourth-order valence-corrected chi connectivity index (χ4v) is 2.16. The summed E-state index contributed by atoms with van der Waals surface area (Å²) in [5.41, 5.74) is 1.01. The lowest BCUT2D eigenvalue weighted by Crippen LogP contribution is -2.53. The average Bonchev–Trinajstić information content (AvgIpc) is 2.53. The van der Waals surface area contributed by atoms with Gasteiger partial charge in [0, 0.05) is 7.11 Å². The summed E-state index contributed by atoms with van der Waals surface area (Å²) in [6.45, 7) is 4.19. The van der Waals surface area contributed by atoms with Crippen molar-refractivity contribution in [3.63, 3.8) is 0 Å². The van der Waals surface area contributed by atoms with Crippen molar-refractivity contribution >= 4 is 5.78 Å². The molecule has 0 aromatic heterocycles. The molecular formula is C16H20O5. The van der Waals surface area contributed by atoms with Gasteiger partial charge in [-0.15, -0.1) is 6.58 Å². The van der Waals surface area contributed by atoms with Crippen LogP contribution in [-0.2, 0) is 30.3 Å². The Hall–Kier alpha value is -1.53. The van der Waals surface area contributed by atoms with Crippen molar-refractivity contribution in [2.75, 3.05) is 20.3 Å². The van der Waals surface area contributed by atoms with Gasteiger partial charge in [0.15, 0.2) is 12.1 Å². The smallest absolute Gasteiger partial charge is 0.190 e. The molecule has 1 aliphatic heterocycles. The van der Waals surface area contributed by atoms with Crippen molar-refractivity contribution in [2.24, 2.45) is 0 Å². The van der Waals surface area contributed by atoms with Gasteiger partial charge in [0.05, 0.1) is 13.2 Å². The normalized spacial score (nSPS) is 25.8. The Kier molecular flexibility index (Phi) is 6.07. The molecule has 1 heterocycles. The summed E-state index contributed by atoms with van der Waals surface area (Å²) < 4.78 is 21.9. The highest BCUT2D eigenvalue weighted by Gasteiger charge is 2.41. The van der Waals surface area contributed by atoms with Gasteiger partial charge in [-0.25, -0.2) is 0 Å². The number of ketones is 1. The number of hydrogen-bond acceptors (Lipinski definition) is 5. The van der Waals surface area contributed by atoms with Gasteiger partial charge >= 0.3 is 0 Å². The maximum absolute atomic E-state index is 12.0. The van der Waals surface area contributed by atoms with Crippen LogP contribution in [0.2, 0.25) is 0 Å². The van der Waals surface area contributed by atoms with Crippen LogP contribution in [0.1, 0.15) is 5.56 Å². The zero-order chi connectivity index (χ0) is 15.1. The Bertz CT molecular complexity index is 459. The minimum absolute atomic E-state index is 0.0362. The third kappa shape index (κ3) is 4.22. The molecule has 5 nitrogen and oxygen atoms in total. The van der Waals surface area contributed by atoms with E-state index in [1.165, 1.54) is 7.11 Å². The second-order valence-corrected chi connectivity index (χ2v) is 4.69. The Morgan fingerprint density at radius 2 is 2.10 bits per heavy atom. The first-order valence-corrected chi connectivity index (χ1v) is 6.81. The van der Waals surface area contributed by atoms with Crippen molar-refractivity contribution in [1.82, 2.24) is 0 Å². The molecule has 1 aromatic carbocycles. The van der Waals surface area contributed by atoms with E-state index in [1.807, 2.05) is 30.3 Å². The predicted molar refractivity (Wildman–Crippen MR) is 76.7 cm³/mol. The average molecular weight is 292 g/mol. The lowest BCUT2D eigenvalue weighted by atomic mass is 10.1. The van der Waals surface area contributed by atoms with E-state index in [0.717, 1.165) is 5.56 Å². The van der Waals surface area contributed by atoms with E-state index in [1.54, 1.807) is 6.08 Å². The first-order valence-electron chi connectivity index (χ1n) is 6.81.